The highest BCUT2D eigenvalue weighted by Gasteiger charge is 1.83. The first-order valence-electron chi connectivity index (χ1n) is 4.05. The van der Waals surface area contributed by atoms with Crippen LogP contribution in [0.4, 0.5) is 0 Å². The van der Waals surface area contributed by atoms with Crippen molar-refractivity contribution >= 4 is 12.0 Å². The second-order valence-corrected chi connectivity index (χ2v) is 1.81. The molecular formula is C10H17NO. The van der Waals surface area contributed by atoms with Gasteiger partial charge in [-0.2, -0.15) is 0 Å². The van der Waals surface area contributed by atoms with Crippen LogP contribution in [0.5, 0.6) is 0 Å². The Hall–Kier alpha value is -1.18. The number of hydrogen-bond acceptors (Lipinski definition) is 2. The summed E-state index contributed by atoms with van der Waals surface area (Å²) in [4.78, 5) is 13.9. The van der Waals surface area contributed by atoms with Gasteiger partial charge in [-0.05, 0) is 13.0 Å². The molecule has 0 radical (unpaired) electrons. The smallest absolute Gasteiger partial charge is 0.125 e. The van der Waals surface area contributed by atoms with Crippen molar-refractivity contribution < 1.29 is 4.79 Å². The summed E-state index contributed by atoms with van der Waals surface area (Å²) in [5, 5.41) is 0. The highest BCUT2D eigenvalue weighted by molar-refractivity contribution is 5.92. The molecule has 0 aromatic heterocycles. The minimum atomic E-state index is 0.404. The molecule has 0 aromatic rings. The standard InChI is InChI=1S/C8H11NO.C2H6/c1-3-4-6-9-8(2)5-7-10;1-2/h3-4,6-7H,1,5H2,2H3;1-2H3/b6-4-,9-8?;. The molecule has 0 rings (SSSR count). The van der Waals surface area contributed by atoms with E-state index >= 15 is 0 Å². The molecule has 0 amide bonds. The van der Waals surface area contributed by atoms with Gasteiger partial charge in [0.05, 0.1) is 0 Å². The Labute approximate surface area is 74.7 Å². The van der Waals surface area contributed by atoms with E-state index in [9.17, 15) is 4.79 Å². The van der Waals surface area contributed by atoms with E-state index < -0.39 is 0 Å². The van der Waals surface area contributed by atoms with Gasteiger partial charge in [-0.15, -0.1) is 0 Å². The molecular weight excluding hydrogens is 150 g/mol. The SMILES string of the molecule is C=C/C=C\N=C(C)CC=O.CC. The molecule has 0 aliphatic carbocycles. The first kappa shape index (κ1) is 13.4. The summed E-state index contributed by atoms with van der Waals surface area (Å²) in [6.45, 7) is 9.29. The van der Waals surface area contributed by atoms with Crippen LogP contribution in [0, 0.1) is 0 Å². The van der Waals surface area contributed by atoms with Crippen LogP contribution >= 0.6 is 0 Å². The minimum absolute atomic E-state index is 0.404. The van der Waals surface area contributed by atoms with Gasteiger partial charge in [-0.1, -0.05) is 26.5 Å². The maximum Gasteiger partial charge on any atom is 0.125 e. The van der Waals surface area contributed by atoms with Crippen molar-refractivity contribution in [2.75, 3.05) is 0 Å². The lowest BCUT2D eigenvalue weighted by molar-refractivity contribution is -0.106. The van der Waals surface area contributed by atoms with E-state index in [0.717, 1.165) is 12.0 Å². The molecule has 0 fully saturated rings. The summed E-state index contributed by atoms with van der Waals surface area (Å²) in [7, 11) is 0. The molecule has 0 aliphatic rings. The van der Waals surface area contributed by atoms with E-state index in [0.29, 0.717) is 6.42 Å². The van der Waals surface area contributed by atoms with Crippen molar-refractivity contribution in [1.29, 1.82) is 0 Å². The molecule has 2 heteroatoms. The van der Waals surface area contributed by atoms with Crippen molar-refractivity contribution in [2.24, 2.45) is 4.99 Å². The first-order chi connectivity index (χ1) is 5.81. The number of carbonyl (C=O) groups is 1. The summed E-state index contributed by atoms with van der Waals surface area (Å²) in [6.07, 6.45) is 6.21. The van der Waals surface area contributed by atoms with Gasteiger partial charge >= 0.3 is 0 Å². The van der Waals surface area contributed by atoms with Crippen LogP contribution in [0.2, 0.25) is 0 Å². The molecule has 2 nitrogen and oxygen atoms in total. The van der Waals surface area contributed by atoms with Gasteiger partial charge in [0.25, 0.3) is 0 Å². The molecule has 0 aliphatic heterocycles. The van der Waals surface area contributed by atoms with Gasteiger partial charge in [0, 0.05) is 18.3 Å². The highest BCUT2D eigenvalue weighted by Crippen LogP contribution is 1.84. The van der Waals surface area contributed by atoms with Gasteiger partial charge in [0.15, 0.2) is 0 Å². The Morgan fingerprint density at radius 3 is 2.50 bits per heavy atom. The van der Waals surface area contributed by atoms with Crippen molar-refractivity contribution in [3.05, 3.63) is 24.9 Å². The molecule has 0 aromatic carbocycles. The summed E-state index contributed by atoms with van der Waals surface area (Å²) in [5.41, 5.74) is 0.813. The van der Waals surface area contributed by atoms with E-state index in [1.807, 2.05) is 20.8 Å². The number of carbonyl (C=O) groups excluding carboxylic acids is 1. The van der Waals surface area contributed by atoms with Crippen molar-refractivity contribution in [1.82, 2.24) is 0 Å². The largest absolute Gasteiger partial charge is 0.303 e. The first-order valence-corrected chi connectivity index (χ1v) is 4.05. The fraction of sp³-hybridized carbons (Fsp3) is 0.400. The quantitative estimate of drug-likeness (QED) is 0.359. The van der Waals surface area contributed by atoms with Crippen LogP contribution in [0.15, 0.2) is 29.9 Å². The third-order valence-corrected chi connectivity index (χ3v) is 0.896. The maximum absolute atomic E-state index is 9.92. The lowest BCUT2D eigenvalue weighted by Gasteiger charge is -1.85. The Morgan fingerprint density at radius 2 is 2.08 bits per heavy atom. The molecule has 0 saturated heterocycles. The summed E-state index contributed by atoms with van der Waals surface area (Å²) in [6, 6.07) is 0. The third kappa shape index (κ3) is 11.6. The number of aldehydes is 1. The van der Waals surface area contributed by atoms with Gasteiger partial charge in [0.1, 0.15) is 6.29 Å². The molecule has 0 saturated carbocycles. The third-order valence-electron chi connectivity index (χ3n) is 0.896. The number of allylic oxidation sites excluding steroid dienone is 2. The summed E-state index contributed by atoms with van der Waals surface area (Å²) >= 11 is 0. The van der Waals surface area contributed by atoms with E-state index in [4.69, 9.17) is 0 Å². The Bertz CT molecular complexity index is 169. The number of aliphatic imine (C=N–C) groups is 1. The van der Waals surface area contributed by atoms with E-state index in [2.05, 4.69) is 11.6 Å². The van der Waals surface area contributed by atoms with Gasteiger partial charge in [-0.3, -0.25) is 4.99 Å². The molecule has 12 heavy (non-hydrogen) atoms. The Morgan fingerprint density at radius 1 is 1.50 bits per heavy atom. The van der Waals surface area contributed by atoms with E-state index in [-0.39, 0.29) is 0 Å². The normalized spacial score (nSPS) is 10.4. The Kier molecular flexibility index (Phi) is 14.0. The molecule has 68 valence electrons. The second-order valence-electron chi connectivity index (χ2n) is 1.81. The van der Waals surface area contributed by atoms with Crippen LogP contribution in [-0.2, 0) is 4.79 Å². The second kappa shape index (κ2) is 12.5. The molecule has 0 unspecified atom stereocenters. The maximum atomic E-state index is 9.92. The van der Waals surface area contributed by atoms with Crippen molar-refractivity contribution in [2.45, 2.75) is 27.2 Å². The van der Waals surface area contributed by atoms with Gasteiger partial charge in [0.2, 0.25) is 0 Å². The number of nitrogens with zero attached hydrogens (tertiary/aromatic N) is 1. The topological polar surface area (TPSA) is 29.4 Å². The predicted octanol–water partition coefficient (Wildman–Crippen LogP) is 2.76. The van der Waals surface area contributed by atoms with Crippen LogP contribution in [-0.4, -0.2) is 12.0 Å². The Balaban J connectivity index is 0. The zero-order valence-electron chi connectivity index (χ0n) is 8.08. The van der Waals surface area contributed by atoms with Crippen LogP contribution < -0.4 is 0 Å². The fourth-order valence-corrected chi connectivity index (χ4v) is 0.404. The van der Waals surface area contributed by atoms with E-state index in [1.165, 1.54) is 0 Å². The predicted molar refractivity (Wildman–Crippen MR) is 54.5 cm³/mol. The zero-order chi connectivity index (χ0) is 9.82. The van der Waals surface area contributed by atoms with E-state index in [1.54, 1.807) is 18.4 Å². The average molecular weight is 167 g/mol. The highest BCUT2D eigenvalue weighted by atomic mass is 16.1. The van der Waals surface area contributed by atoms with Gasteiger partial charge in [-0.25, -0.2) is 0 Å². The molecule has 0 N–H and O–H groups in total. The molecule has 0 atom stereocenters. The average Bonchev–Trinajstić information content (AvgIpc) is 2.09. The van der Waals surface area contributed by atoms with Crippen molar-refractivity contribution in [3.8, 4) is 0 Å². The lowest BCUT2D eigenvalue weighted by Crippen LogP contribution is -1.89. The minimum Gasteiger partial charge on any atom is -0.303 e. The fourth-order valence-electron chi connectivity index (χ4n) is 0.404. The van der Waals surface area contributed by atoms with Crippen molar-refractivity contribution in [3.63, 3.8) is 0 Å². The van der Waals surface area contributed by atoms with Crippen LogP contribution in [0.3, 0.4) is 0 Å². The number of hydrogen-bond donors (Lipinski definition) is 0. The monoisotopic (exact) mass is 167 g/mol. The lowest BCUT2D eigenvalue weighted by atomic mass is 10.3. The molecule has 0 spiro atoms. The molecule has 0 heterocycles. The van der Waals surface area contributed by atoms with Gasteiger partial charge < -0.3 is 4.79 Å². The van der Waals surface area contributed by atoms with Crippen LogP contribution in [0.1, 0.15) is 27.2 Å². The summed E-state index contributed by atoms with van der Waals surface area (Å²) < 4.78 is 0. The summed E-state index contributed by atoms with van der Waals surface area (Å²) in [5.74, 6) is 0. The number of rotatable bonds is 4. The van der Waals surface area contributed by atoms with Crippen LogP contribution in [0.25, 0.3) is 0 Å². The zero-order valence-corrected chi connectivity index (χ0v) is 8.08. The molecule has 0 bridgehead atoms.